The molecule has 6 nitrogen and oxygen atoms in total. The third kappa shape index (κ3) is 2.52. The van der Waals surface area contributed by atoms with Crippen LogP contribution >= 0.6 is 0 Å². The first kappa shape index (κ1) is 14.0. The van der Waals surface area contributed by atoms with Crippen molar-refractivity contribution < 1.29 is 9.94 Å². The van der Waals surface area contributed by atoms with Gasteiger partial charge in [0, 0.05) is 6.61 Å². The number of hydrogen-bond donors (Lipinski definition) is 3. The van der Waals surface area contributed by atoms with E-state index < -0.39 is 0 Å². The third-order valence-corrected chi connectivity index (χ3v) is 3.96. The van der Waals surface area contributed by atoms with Crippen LogP contribution in [0.3, 0.4) is 0 Å². The van der Waals surface area contributed by atoms with Gasteiger partial charge in [0.25, 0.3) is 0 Å². The first-order valence-electron chi connectivity index (χ1n) is 7.16. The number of fused-ring (bicyclic) bond motifs is 1. The largest absolute Gasteiger partial charge is 0.396 e. The van der Waals surface area contributed by atoms with Gasteiger partial charge in [-0.2, -0.15) is 0 Å². The minimum atomic E-state index is -0.275. The molecule has 1 aromatic heterocycles. The molecule has 1 aliphatic rings. The summed E-state index contributed by atoms with van der Waals surface area (Å²) in [7, 11) is 0. The van der Waals surface area contributed by atoms with Gasteiger partial charge >= 0.3 is 0 Å². The van der Waals surface area contributed by atoms with E-state index in [0.29, 0.717) is 12.2 Å². The quantitative estimate of drug-likeness (QED) is 0.799. The van der Waals surface area contributed by atoms with Crippen LogP contribution in [0.5, 0.6) is 0 Å². The second-order valence-electron chi connectivity index (χ2n) is 5.54. The predicted molar refractivity (Wildman–Crippen MR) is 81.1 cm³/mol. The molecule has 0 spiro atoms. The summed E-state index contributed by atoms with van der Waals surface area (Å²) in [6.07, 6.45) is 0.535. The van der Waals surface area contributed by atoms with Gasteiger partial charge in [0.1, 0.15) is 11.9 Å². The van der Waals surface area contributed by atoms with Gasteiger partial charge in [-0.15, -0.1) is 0 Å². The lowest BCUT2D eigenvalue weighted by Crippen LogP contribution is -2.16. The zero-order valence-corrected chi connectivity index (χ0v) is 12.2. The van der Waals surface area contributed by atoms with Gasteiger partial charge in [0.15, 0.2) is 0 Å². The molecule has 0 aliphatic carbocycles. The first-order chi connectivity index (χ1) is 10.1. The molecule has 0 saturated carbocycles. The molecule has 1 aromatic carbocycles. The summed E-state index contributed by atoms with van der Waals surface area (Å²) in [6.45, 7) is 4.05. The molecular weight excluding hydrogens is 268 g/mol. The van der Waals surface area contributed by atoms with Crippen LogP contribution in [0, 0.1) is 0 Å². The maximum absolute atomic E-state index is 8.97. The average molecular weight is 288 g/mol. The Morgan fingerprint density at radius 2 is 2.29 bits per heavy atom. The molecule has 3 atom stereocenters. The number of nitrogens with zero attached hydrogens (tertiary/aromatic N) is 2. The van der Waals surface area contributed by atoms with Gasteiger partial charge in [-0.1, -0.05) is 11.2 Å². The highest BCUT2D eigenvalue weighted by molar-refractivity contribution is 5.91. The highest BCUT2D eigenvalue weighted by atomic mass is 16.6. The van der Waals surface area contributed by atoms with Crippen molar-refractivity contribution in [2.75, 3.05) is 6.61 Å². The number of imidazole rings is 1. The molecule has 2 aromatic rings. The molecule has 0 fully saturated rings. The number of nitrogens with two attached hydrogens (primary N) is 1. The molecule has 1 aliphatic heterocycles. The Bertz CT molecular complexity index is 679. The number of nitrogens with one attached hydrogen (secondary N) is 1. The Balaban J connectivity index is 1.95. The number of aliphatic hydroxyl groups is 1. The summed E-state index contributed by atoms with van der Waals surface area (Å²) in [4.78, 5) is 13.1. The van der Waals surface area contributed by atoms with Gasteiger partial charge in [0.05, 0.1) is 28.7 Å². The average Bonchev–Trinajstić information content (AvgIpc) is 3.02. The molecule has 3 rings (SSSR count). The molecule has 6 heteroatoms. The lowest BCUT2D eigenvalue weighted by Gasteiger charge is -2.14. The molecular formula is C15H20N4O2. The van der Waals surface area contributed by atoms with Crippen molar-refractivity contribution >= 4 is 16.7 Å². The highest BCUT2D eigenvalue weighted by Crippen LogP contribution is 2.30. The minimum absolute atomic E-state index is 0.0430. The van der Waals surface area contributed by atoms with Crippen LogP contribution in [0.25, 0.3) is 11.0 Å². The van der Waals surface area contributed by atoms with Crippen molar-refractivity contribution in [1.29, 1.82) is 0 Å². The molecule has 0 amide bonds. The SMILES string of the molecule is CC1=NOC(C)C1c1ccc2nc([C@@H](N)CCO)[nH]c2c1. The van der Waals surface area contributed by atoms with Gasteiger partial charge in [-0.05, 0) is 38.0 Å². The fourth-order valence-corrected chi connectivity index (χ4v) is 2.83. The maximum atomic E-state index is 8.97. The number of aliphatic hydroxyl groups excluding tert-OH is 1. The number of oxime groups is 1. The summed E-state index contributed by atoms with van der Waals surface area (Å²) in [6, 6.07) is 5.84. The van der Waals surface area contributed by atoms with Crippen molar-refractivity contribution in [3.05, 3.63) is 29.6 Å². The second-order valence-corrected chi connectivity index (χ2v) is 5.54. The smallest absolute Gasteiger partial charge is 0.136 e. The zero-order valence-electron chi connectivity index (χ0n) is 12.2. The first-order valence-corrected chi connectivity index (χ1v) is 7.16. The maximum Gasteiger partial charge on any atom is 0.136 e. The minimum Gasteiger partial charge on any atom is -0.396 e. The third-order valence-electron chi connectivity index (χ3n) is 3.96. The van der Waals surface area contributed by atoms with Crippen LogP contribution in [0.2, 0.25) is 0 Å². The molecule has 0 saturated heterocycles. The monoisotopic (exact) mass is 288 g/mol. The summed E-state index contributed by atoms with van der Waals surface area (Å²) in [5, 5.41) is 13.0. The van der Waals surface area contributed by atoms with Crippen LogP contribution in [0.4, 0.5) is 0 Å². The van der Waals surface area contributed by atoms with Gasteiger partial charge < -0.3 is 20.7 Å². The molecule has 4 N–H and O–H groups in total. The Morgan fingerprint density at radius 3 is 2.95 bits per heavy atom. The highest BCUT2D eigenvalue weighted by Gasteiger charge is 2.29. The van der Waals surface area contributed by atoms with Crippen molar-refractivity contribution in [2.24, 2.45) is 10.9 Å². The lowest BCUT2D eigenvalue weighted by atomic mass is 9.91. The lowest BCUT2D eigenvalue weighted by molar-refractivity contribution is 0.0905. The van der Waals surface area contributed by atoms with E-state index in [9.17, 15) is 0 Å². The fraction of sp³-hybridized carbons (Fsp3) is 0.467. The Hall–Kier alpha value is -1.92. The molecule has 2 unspecified atom stereocenters. The zero-order chi connectivity index (χ0) is 15.0. The van der Waals surface area contributed by atoms with Crippen LogP contribution in [0.15, 0.2) is 23.4 Å². The van der Waals surface area contributed by atoms with Crippen molar-refractivity contribution in [3.63, 3.8) is 0 Å². The fourth-order valence-electron chi connectivity index (χ4n) is 2.83. The molecule has 2 heterocycles. The number of aromatic nitrogens is 2. The van der Waals surface area contributed by atoms with E-state index in [-0.39, 0.29) is 24.7 Å². The van der Waals surface area contributed by atoms with E-state index in [0.717, 1.165) is 22.3 Å². The van der Waals surface area contributed by atoms with Crippen LogP contribution in [-0.2, 0) is 4.84 Å². The van der Waals surface area contributed by atoms with Crippen LogP contribution in [0.1, 0.15) is 43.6 Å². The summed E-state index contributed by atoms with van der Waals surface area (Å²) in [5.74, 6) is 0.879. The molecule has 0 radical (unpaired) electrons. The van der Waals surface area contributed by atoms with Gasteiger partial charge in [-0.3, -0.25) is 0 Å². The number of hydrogen-bond acceptors (Lipinski definition) is 5. The van der Waals surface area contributed by atoms with Crippen molar-refractivity contribution in [3.8, 4) is 0 Å². The molecule has 0 bridgehead atoms. The van der Waals surface area contributed by atoms with Crippen molar-refractivity contribution in [1.82, 2.24) is 9.97 Å². The molecule has 112 valence electrons. The van der Waals surface area contributed by atoms with Crippen molar-refractivity contribution in [2.45, 2.75) is 38.3 Å². The van der Waals surface area contributed by atoms with E-state index in [1.807, 2.05) is 19.9 Å². The number of benzene rings is 1. The Morgan fingerprint density at radius 1 is 1.48 bits per heavy atom. The molecule has 21 heavy (non-hydrogen) atoms. The summed E-state index contributed by atoms with van der Waals surface area (Å²) >= 11 is 0. The van der Waals surface area contributed by atoms with E-state index >= 15 is 0 Å². The van der Waals surface area contributed by atoms with E-state index in [2.05, 4.69) is 27.3 Å². The summed E-state index contributed by atoms with van der Waals surface area (Å²) < 4.78 is 0. The Labute approximate surface area is 123 Å². The predicted octanol–water partition coefficient (Wildman–Crippen LogP) is 1.82. The van der Waals surface area contributed by atoms with E-state index in [1.165, 1.54) is 0 Å². The van der Waals surface area contributed by atoms with Crippen LogP contribution in [-0.4, -0.2) is 33.5 Å². The number of rotatable bonds is 4. The van der Waals surface area contributed by atoms with E-state index in [4.69, 9.17) is 15.7 Å². The normalized spacial score (nSPS) is 23.1. The topological polar surface area (TPSA) is 96.5 Å². The standard InChI is InChI=1S/C15H20N4O2/c1-8-14(9(2)21-19-8)10-3-4-12-13(7-10)18-15(17-12)11(16)5-6-20/h3-4,7,9,11,14,20H,5-6,16H2,1-2H3,(H,17,18)/t9?,11-,14?/m0/s1. The Kier molecular flexibility index (Phi) is 3.65. The second kappa shape index (κ2) is 5.46. The number of H-pyrrole nitrogens is 1. The summed E-state index contributed by atoms with van der Waals surface area (Å²) in [5.41, 5.74) is 9.94. The van der Waals surface area contributed by atoms with E-state index in [1.54, 1.807) is 0 Å². The van der Waals surface area contributed by atoms with Gasteiger partial charge in [-0.25, -0.2) is 4.98 Å². The van der Waals surface area contributed by atoms with Gasteiger partial charge in [0.2, 0.25) is 0 Å². The number of aromatic amines is 1. The van der Waals surface area contributed by atoms with Crippen LogP contribution < -0.4 is 5.73 Å².